The predicted molar refractivity (Wildman–Crippen MR) is 175 cm³/mol. The third-order valence-corrected chi connectivity index (χ3v) is 9.64. The van der Waals surface area contributed by atoms with Crippen LogP contribution in [0.25, 0.3) is 0 Å². The Balaban J connectivity index is 4.23. The van der Waals surface area contributed by atoms with Crippen LogP contribution < -0.4 is 0 Å². The number of hydrogen-bond acceptors (Lipinski definition) is 1. The van der Waals surface area contributed by atoms with Crippen molar-refractivity contribution in [2.75, 3.05) is 0 Å². The third kappa shape index (κ3) is 9.23. The first-order valence-electron chi connectivity index (χ1n) is 16.5. The minimum absolute atomic E-state index is 0.109. The molecule has 39 heavy (non-hydrogen) atoms. The van der Waals surface area contributed by atoms with E-state index >= 15 is 0 Å². The van der Waals surface area contributed by atoms with E-state index in [1.807, 2.05) is 0 Å². The van der Waals surface area contributed by atoms with E-state index in [2.05, 4.69) is 107 Å². The second-order valence-electron chi connectivity index (χ2n) is 13.8. The second-order valence-corrected chi connectivity index (χ2v) is 13.8. The first kappa shape index (κ1) is 35.5. The summed E-state index contributed by atoms with van der Waals surface area (Å²) in [5.74, 6) is 2.63. The van der Waals surface area contributed by atoms with Gasteiger partial charge in [-0.05, 0) is 113 Å². The minimum atomic E-state index is -0.296. The fraction of sp³-hybridized carbons (Fsp3) is 0.763. The number of nitrogens with zero attached hydrogens (tertiary/aromatic N) is 1. The molecule has 0 aromatic carbocycles. The van der Waals surface area contributed by atoms with Crippen molar-refractivity contribution >= 4 is 0 Å². The Hall–Kier alpha value is -1.55. The molecule has 222 valence electrons. The van der Waals surface area contributed by atoms with E-state index in [0.29, 0.717) is 17.8 Å². The van der Waals surface area contributed by atoms with Crippen LogP contribution in [0.15, 0.2) is 46.1 Å². The van der Waals surface area contributed by atoms with Crippen LogP contribution in [0.5, 0.6) is 0 Å². The van der Waals surface area contributed by atoms with Gasteiger partial charge in [-0.2, -0.15) is 5.26 Å². The van der Waals surface area contributed by atoms with Crippen LogP contribution in [0, 0.1) is 45.8 Å². The molecule has 1 saturated carbocycles. The molecule has 0 radical (unpaired) electrons. The highest BCUT2D eigenvalue weighted by Crippen LogP contribution is 2.61. The lowest BCUT2D eigenvalue weighted by Crippen LogP contribution is -2.33. The average Bonchev–Trinajstić information content (AvgIpc) is 3.23. The van der Waals surface area contributed by atoms with Gasteiger partial charge in [0.1, 0.15) is 0 Å². The zero-order chi connectivity index (χ0) is 29.8. The summed E-state index contributed by atoms with van der Waals surface area (Å²) >= 11 is 0. The molecular formula is C38H65N. The van der Waals surface area contributed by atoms with Crippen LogP contribution in [0.4, 0.5) is 0 Å². The maximum absolute atomic E-state index is 10.2. The summed E-state index contributed by atoms with van der Waals surface area (Å²) in [7, 11) is 0. The first-order chi connectivity index (χ1) is 18.4. The van der Waals surface area contributed by atoms with Gasteiger partial charge < -0.3 is 0 Å². The van der Waals surface area contributed by atoms with Crippen molar-refractivity contribution in [2.24, 2.45) is 34.5 Å². The zero-order valence-electron chi connectivity index (χ0n) is 28.3. The Bertz CT molecular complexity index is 917. The van der Waals surface area contributed by atoms with Crippen molar-refractivity contribution in [3.8, 4) is 6.07 Å². The summed E-state index contributed by atoms with van der Waals surface area (Å²) in [5, 5.41) is 10.2. The number of hydrogen-bond donors (Lipinski definition) is 0. The van der Waals surface area contributed by atoms with Crippen LogP contribution >= 0.6 is 0 Å². The Labute approximate surface area is 245 Å². The van der Waals surface area contributed by atoms with Crippen LogP contribution in [0.3, 0.4) is 0 Å². The van der Waals surface area contributed by atoms with Crippen molar-refractivity contribution in [3.63, 3.8) is 0 Å². The zero-order valence-corrected chi connectivity index (χ0v) is 28.3. The van der Waals surface area contributed by atoms with E-state index in [9.17, 15) is 5.26 Å². The smallest absolute Gasteiger partial charge is 0.0690 e. The van der Waals surface area contributed by atoms with E-state index in [4.69, 9.17) is 0 Å². The van der Waals surface area contributed by atoms with Crippen LogP contribution in [0.1, 0.15) is 154 Å². The van der Waals surface area contributed by atoms with Crippen LogP contribution in [-0.4, -0.2) is 0 Å². The second kappa shape index (κ2) is 16.7. The fourth-order valence-electron chi connectivity index (χ4n) is 7.50. The molecule has 1 heteroatoms. The summed E-state index contributed by atoms with van der Waals surface area (Å²) in [6.07, 6.45) is 19.7. The van der Waals surface area contributed by atoms with E-state index in [-0.39, 0.29) is 10.8 Å². The third-order valence-electron chi connectivity index (χ3n) is 9.64. The standard InChI is InChI=1S/C38H65N/c1-13-19-36(34(32(14-2)15-3)21-18-20-28(6)7)38(25-30(10)24-33(38)16-4)35(23-22-29(8)9)31(11)26-37(12,17-5)27-39/h14,18,20,28-30,33H,13,15-17,19,21-26H2,1-12H3/b20-18-,32-14?,35-31-,36-34+. The molecule has 1 aliphatic carbocycles. The largest absolute Gasteiger partial charge is 0.198 e. The van der Waals surface area contributed by atoms with Gasteiger partial charge in [-0.25, -0.2) is 0 Å². The van der Waals surface area contributed by atoms with E-state index < -0.39 is 0 Å². The summed E-state index contributed by atoms with van der Waals surface area (Å²) < 4.78 is 0. The molecule has 0 heterocycles. The Morgan fingerprint density at radius 1 is 1.08 bits per heavy atom. The number of nitriles is 1. The molecule has 0 saturated heterocycles. The van der Waals surface area contributed by atoms with Crippen molar-refractivity contribution in [2.45, 2.75) is 154 Å². The van der Waals surface area contributed by atoms with Gasteiger partial charge in [0, 0.05) is 5.41 Å². The monoisotopic (exact) mass is 536 g/mol. The van der Waals surface area contributed by atoms with Gasteiger partial charge in [0.05, 0.1) is 11.5 Å². The Kier molecular flexibility index (Phi) is 15.1. The van der Waals surface area contributed by atoms with E-state index in [1.54, 1.807) is 16.7 Å². The summed E-state index contributed by atoms with van der Waals surface area (Å²) in [4.78, 5) is 0. The van der Waals surface area contributed by atoms with Gasteiger partial charge in [-0.3, -0.25) is 0 Å². The molecule has 0 aromatic heterocycles. The van der Waals surface area contributed by atoms with E-state index in [0.717, 1.165) is 38.0 Å². The molecule has 0 bridgehead atoms. The molecule has 4 unspecified atom stereocenters. The molecule has 1 aliphatic rings. The van der Waals surface area contributed by atoms with Crippen molar-refractivity contribution in [1.82, 2.24) is 0 Å². The number of rotatable bonds is 16. The highest BCUT2D eigenvalue weighted by molar-refractivity contribution is 5.46. The van der Waals surface area contributed by atoms with Gasteiger partial charge in [-0.15, -0.1) is 0 Å². The lowest BCUT2D eigenvalue weighted by molar-refractivity contribution is 0.272. The van der Waals surface area contributed by atoms with Crippen molar-refractivity contribution < 1.29 is 0 Å². The minimum Gasteiger partial charge on any atom is -0.198 e. The van der Waals surface area contributed by atoms with Crippen molar-refractivity contribution in [3.05, 3.63) is 46.1 Å². The topological polar surface area (TPSA) is 23.8 Å². The average molecular weight is 536 g/mol. The summed E-state index contributed by atoms with van der Waals surface area (Å²) in [6, 6.07) is 2.70. The molecule has 4 atom stereocenters. The predicted octanol–water partition coefficient (Wildman–Crippen LogP) is 12.6. The maximum Gasteiger partial charge on any atom is 0.0690 e. The quantitative estimate of drug-likeness (QED) is 0.142. The Morgan fingerprint density at radius 2 is 1.74 bits per heavy atom. The summed E-state index contributed by atoms with van der Waals surface area (Å²) in [6.45, 7) is 28.0. The van der Waals surface area contributed by atoms with Gasteiger partial charge >= 0.3 is 0 Å². The molecule has 1 rings (SSSR count). The normalized spacial score (nSPS) is 25.2. The highest BCUT2D eigenvalue weighted by atomic mass is 14.5. The molecule has 1 fully saturated rings. The molecular weight excluding hydrogens is 470 g/mol. The number of allylic oxidation sites excluding steroid dienone is 8. The molecule has 1 nitrogen and oxygen atoms in total. The first-order valence-corrected chi connectivity index (χ1v) is 16.5. The van der Waals surface area contributed by atoms with E-state index in [1.165, 1.54) is 49.7 Å². The Morgan fingerprint density at radius 3 is 2.21 bits per heavy atom. The summed E-state index contributed by atoms with van der Waals surface area (Å²) in [5.41, 5.74) is 7.95. The fourth-order valence-corrected chi connectivity index (χ4v) is 7.50. The molecule has 0 aromatic rings. The van der Waals surface area contributed by atoms with Crippen molar-refractivity contribution in [1.29, 1.82) is 5.26 Å². The molecule has 0 amide bonds. The molecule has 0 aliphatic heterocycles. The maximum atomic E-state index is 10.2. The molecule has 0 N–H and O–H groups in total. The van der Waals surface area contributed by atoms with Gasteiger partial charge in [0.2, 0.25) is 0 Å². The SMILES string of the molecule is CC=C(CC)/C(C/C=C\C(C)C)=C(\CCC)C1(/C(CCC(C)C)=C(/C)CC(C)(C#N)CC)CC(C)CC1CC. The van der Waals surface area contributed by atoms with Gasteiger partial charge in [-0.1, -0.05) is 110 Å². The van der Waals surface area contributed by atoms with Crippen LogP contribution in [0.2, 0.25) is 0 Å². The lowest BCUT2D eigenvalue weighted by atomic mass is 9.59. The highest BCUT2D eigenvalue weighted by Gasteiger charge is 2.50. The van der Waals surface area contributed by atoms with Crippen LogP contribution in [-0.2, 0) is 0 Å². The molecule has 0 spiro atoms. The van der Waals surface area contributed by atoms with Gasteiger partial charge in [0.15, 0.2) is 0 Å². The lowest BCUT2D eigenvalue weighted by Gasteiger charge is -2.44. The van der Waals surface area contributed by atoms with Gasteiger partial charge in [0.25, 0.3) is 0 Å².